The third kappa shape index (κ3) is 10.3. The lowest BCUT2D eigenvalue weighted by Crippen LogP contribution is -2.48. The average molecular weight is 1090 g/mol. The van der Waals surface area contributed by atoms with Crippen molar-refractivity contribution < 1.29 is 34.8 Å². The molecular formula is C59H68N14O7. The first-order valence-electron chi connectivity index (χ1n) is 28.2. The smallest absolute Gasteiger partial charge is 0.315 e. The highest BCUT2D eigenvalue weighted by molar-refractivity contribution is 5.87. The van der Waals surface area contributed by atoms with E-state index in [-0.39, 0.29) is 55.6 Å². The van der Waals surface area contributed by atoms with Crippen LogP contribution in [0.3, 0.4) is 0 Å². The van der Waals surface area contributed by atoms with Crippen LogP contribution >= 0.6 is 0 Å². The highest BCUT2D eigenvalue weighted by atomic mass is 16.3. The number of rotatable bonds is 16. The lowest BCUT2D eigenvalue weighted by Gasteiger charge is -2.21. The number of fused-ring (bicyclic) bond motifs is 4. The number of amides is 4. The van der Waals surface area contributed by atoms with E-state index in [1.165, 1.54) is 21.9 Å². The molecule has 8 N–H and O–H groups in total. The number of anilines is 2. The molecule has 10 atom stereocenters. The van der Waals surface area contributed by atoms with Gasteiger partial charge in [0.15, 0.2) is 11.3 Å². The third-order valence-corrected chi connectivity index (χ3v) is 17.0. The van der Waals surface area contributed by atoms with Crippen LogP contribution in [-0.4, -0.2) is 152 Å². The number of aliphatic hydroxyl groups is 4. The summed E-state index contributed by atoms with van der Waals surface area (Å²) in [6.07, 6.45) is 3.45. The van der Waals surface area contributed by atoms with Gasteiger partial charge in [-0.1, -0.05) is 98.8 Å². The summed E-state index contributed by atoms with van der Waals surface area (Å²) in [7, 11) is 0. The molecule has 0 spiro atoms. The van der Waals surface area contributed by atoms with Gasteiger partial charge >= 0.3 is 6.03 Å². The zero-order valence-corrected chi connectivity index (χ0v) is 44.9. The van der Waals surface area contributed by atoms with Crippen LogP contribution in [0.1, 0.15) is 87.0 Å². The number of nitrogens with one attached hydrogen (secondary N) is 4. The summed E-state index contributed by atoms with van der Waals surface area (Å²) in [4.78, 5) is 72.8. The Morgan fingerprint density at radius 1 is 0.525 bits per heavy atom. The molecule has 2 saturated carbocycles. The first-order valence-corrected chi connectivity index (χ1v) is 28.2. The summed E-state index contributed by atoms with van der Waals surface area (Å²) in [6, 6.07) is 25.9. The van der Waals surface area contributed by atoms with Gasteiger partial charge in [-0.2, -0.15) is 9.97 Å². The van der Waals surface area contributed by atoms with Crippen molar-refractivity contribution in [1.82, 2.24) is 60.3 Å². The molecule has 80 heavy (non-hydrogen) atoms. The second kappa shape index (κ2) is 22.4. The van der Waals surface area contributed by atoms with Crippen LogP contribution < -0.4 is 31.1 Å². The quantitative estimate of drug-likeness (QED) is 0.0676. The lowest BCUT2D eigenvalue weighted by atomic mass is 10.00. The van der Waals surface area contributed by atoms with Crippen LogP contribution in [0.4, 0.5) is 16.7 Å². The number of aliphatic hydroxyl groups excluding tert-OH is 4. The number of urea groups is 1. The number of nitrogens with zero attached hydrogens (tertiary/aromatic N) is 10. The summed E-state index contributed by atoms with van der Waals surface area (Å²) in [6.45, 7) is 5.53. The molecule has 4 aliphatic rings. The number of aryl methyl sites for hydroxylation is 4. The second-order valence-electron chi connectivity index (χ2n) is 22.0. The highest BCUT2D eigenvalue weighted by Crippen LogP contribution is 2.37. The van der Waals surface area contributed by atoms with Crippen molar-refractivity contribution in [2.75, 3.05) is 36.0 Å². The maximum atomic E-state index is 13.9. The molecule has 21 nitrogen and oxygen atoms in total. The molecule has 4 aromatic carbocycles. The summed E-state index contributed by atoms with van der Waals surface area (Å²) < 4.78 is 3.61. The Bertz CT molecular complexity index is 3370. The standard InChI is InChI=1S/C59H68N14O7/c1-3-47(74)64-43-27-45(53(78)51(43)76)72-31-60-49-41(21-19-35-15-9-13-33-11-5-7-17-39(33)35)66-57(68-55(49)72)70-25-23-37(29-70)62-59(80)63-38-24-26-71(30-38)58-67-42(22-20-36-16-10-14-34-12-6-8-18-40(34)36)50-56(69-58)73(32-61-50)46-28-44(52(77)54(46)79)65-48(75)4-2/h5-18,31-32,37-38,43-46,51-54,76-79H,3-4,19-30H2,1-2H3,(H,64,74)(H,65,75)(H2,62,63,80)/t37-,38-,43+,44+,45-,46-,51-,52-,53+,54+/m1/s1. The number of hydrogen-bond donors (Lipinski definition) is 8. The Labute approximate surface area is 461 Å². The normalized spacial score (nSPS) is 24.9. The minimum absolute atomic E-state index is 0.208. The minimum Gasteiger partial charge on any atom is -0.388 e. The van der Waals surface area contributed by atoms with Crippen molar-refractivity contribution in [3.8, 4) is 0 Å². The number of imidazole rings is 2. The van der Waals surface area contributed by atoms with Gasteiger partial charge in [0.25, 0.3) is 0 Å². The van der Waals surface area contributed by atoms with Gasteiger partial charge in [0.05, 0.1) is 48.2 Å². The molecule has 2 saturated heterocycles. The molecule has 4 fully saturated rings. The predicted molar refractivity (Wildman–Crippen MR) is 302 cm³/mol. The van der Waals surface area contributed by atoms with Crippen molar-refractivity contribution in [3.63, 3.8) is 0 Å². The molecule has 0 radical (unpaired) electrons. The largest absolute Gasteiger partial charge is 0.388 e. The maximum absolute atomic E-state index is 13.9. The van der Waals surface area contributed by atoms with Crippen molar-refractivity contribution in [2.45, 2.75) is 139 Å². The van der Waals surface area contributed by atoms with Gasteiger partial charge in [-0.3, -0.25) is 9.59 Å². The predicted octanol–water partition coefficient (Wildman–Crippen LogP) is 4.12. The van der Waals surface area contributed by atoms with Crippen molar-refractivity contribution >= 4 is 73.6 Å². The summed E-state index contributed by atoms with van der Waals surface area (Å²) >= 11 is 0. The Morgan fingerprint density at radius 2 is 0.950 bits per heavy atom. The Morgan fingerprint density at radius 3 is 1.39 bits per heavy atom. The number of carbonyl (C=O) groups excluding carboxylic acids is 3. The molecule has 0 bridgehead atoms. The lowest BCUT2D eigenvalue weighted by molar-refractivity contribution is -0.123. The van der Waals surface area contributed by atoms with E-state index in [4.69, 9.17) is 29.9 Å². The maximum Gasteiger partial charge on any atom is 0.315 e. The number of hydrogen-bond acceptors (Lipinski definition) is 15. The second-order valence-corrected chi connectivity index (χ2v) is 22.0. The number of aromatic nitrogens is 8. The zero-order valence-electron chi connectivity index (χ0n) is 44.9. The van der Waals surface area contributed by atoms with Gasteiger partial charge in [-0.15, -0.1) is 0 Å². The fraction of sp³-hybridized carbons (Fsp3) is 0.441. The van der Waals surface area contributed by atoms with Gasteiger partial charge in [-0.05, 0) is 84.0 Å². The van der Waals surface area contributed by atoms with Crippen LogP contribution in [0.25, 0.3) is 43.9 Å². The first-order chi connectivity index (χ1) is 38.9. The molecule has 0 unspecified atom stereocenters. The highest BCUT2D eigenvalue weighted by Gasteiger charge is 2.45. The molecule has 21 heteroatoms. The topological polar surface area (TPSA) is 274 Å². The van der Waals surface area contributed by atoms with E-state index in [9.17, 15) is 34.8 Å². The zero-order chi connectivity index (χ0) is 55.2. The molecule has 6 heterocycles. The molecular weight excluding hydrogens is 1020 g/mol. The molecule has 4 aromatic heterocycles. The van der Waals surface area contributed by atoms with E-state index in [1.54, 1.807) is 35.6 Å². The number of carbonyl (C=O) groups is 3. The molecule has 2 aliphatic carbocycles. The van der Waals surface area contributed by atoms with Crippen LogP contribution in [-0.2, 0) is 35.3 Å². The van der Waals surface area contributed by atoms with Crippen molar-refractivity contribution in [3.05, 3.63) is 120 Å². The Balaban J connectivity index is 0.754. The van der Waals surface area contributed by atoms with E-state index in [1.807, 2.05) is 24.3 Å². The van der Waals surface area contributed by atoms with Crippen LogP contribution in [0.15, 0.2) is 97.6 Å². The summed E-state index contributed by atoms with van der Waals surface area (Å²) in [5.41, 5.74) is 6.08. The van der Waals surface area contributed by atoms with Gasteiger partial charge in [0.1, 0.15) is 35.4 Å². The fourth-order valence-corrected chi connectivity index (χ4v) is 12.6. The van der Waals surface area contributed by atoms with Crippen LogP contribution in [0.5, 0.6) is 0 Å². The van der Waals surface area contributed by atoms with E-state index < -0.39 is 48.6 Å². The van der Waals surface area contributed by atoms with Crippen LogP contribution in [0, 0.1) is 0 Å². The van der Waals surface area contributed by atoms with E-state index in [0.717, 1.165) is 22.2 Å². The van der Waals surface area contributed by atoms with E-state index in [2.05, 4.69) is 91.7 Å². The monoisotopic (exact) mass is 1080 g/mol. The third-order valence-electron chi connectivity index (χ3n) is 17.0. The first kappa shape index (κ1) is 52.8. The van der Waals surface area contributed by atoms with E-state index >= 15 is 0 Å². The molecule has 8 aromatic rings. The van der Waals surface area contributed by atoms with Gasteiger partial charge < -0.3 is 60.6 Å². The molecule has 12 rings (SSSR count). The van der Waals surface area contributed by atoms with Crippen molar-refractivity contribution in [2.24, 2.45) is 0 Å². The minimum atomic E-state index is -1.17. The SMILES string of the molecule is CCC(=O)N[C@H]1C[C@@H](n2cnc3c(CCc4cccc5ccccc45)nc(N4CC[C@@H](NC(=O)N[C@@H]5CCN(c6nc(CCc7cccc8ccccc78)c7ncn([C@@H]8C[C@H](NC(=O)CC)[C@@H](O)[C@H]8O)c7n6)C5)C4)nc32)[C@H](O)[C@@H]1O. The van der Waals surface area contributed by atoms with Gasteiger partial charge in [-0.25, -0.2) is 24.7 Å². The summed E-state index contributed by atoms with van der Waals surface area (Å²) in [5, 5.41) is 61.7. The van der Waals surface area contributed by atoms with E-state index in [0.29, 0.717) is 98.9 Å². The van der Waals surface area contributed by atoms with Crippen LogP contribution in [0.2, 0.25) is 0 Å². The fourth-order valence-electron chi connectivity index (χ4n) is 12.6. The van der Waals surface area contributed by atoms with Gasteiger partial charge in [0, 0.05) is 51.1 Å². The van der Waals surface area contributed by atoms with Gasteiger partial charge in [0.2, 0.25) is 23.7 Å². The molecule has 4 amide bonds. The Kier molecular flexibility index (Phi) is 14.8. The summed E-state index contributed by atoms with van der Waals surface area (Å²) in [5.74, 6) is 0.535. The molecule has 416 valence electrons. The average Bonchev–Trinajstić information content (AvgIpc) is 4.40. The van der Waals surface area contributed by atoms with Crippen molar-refractivity contribution in [1.29, 1.82) is 0 Å². The number of benzene rings is 4. The Hall–Kier alpha value is -7.85. The molecule has 2 aliphatic heterocycles.